The van der Waals surface area contributed by atoms with Crippen LogP contribution in [-0.2, 0) is 11.2 Å². The summed E-state index contributed by atoms with van der Waals surface area (Å²) in [4.78, 5) is 24.8. The Morgan fingerprint density at radius 2 is 2.13 bits per heavy atom. The number of ether oxygens (including phenoxy) is 1. The standard InChI is InChI=1S/C14H15F3N2O4/c1-2-8-3-4-9(7-11(8)23-14(15,16)17)13(21)19-6-5-10(19)12(20)18-22/h3-4,7,10,22H,2,5-6H2,1H3,(H,18,20). The Balaban J connectivity index is 2.24. The Morgan fingerprint density at radius 3 is 2.61 bits per heavy atom. The van der Waals surface area contributed by atoms with E-state index < -0.39 is 30.0 Å². The second kappa shape index (κ2) is 6.45. The summed E-state index contributed by atoms with van der Waals surface area (Å²) in [5.41, 5.74) is 1.75. The molecule has 0 aromatic heterocycles. The Labute approximate surface area is 129 Å². The average Bonchev–Trinajstić information content (AvgIpc) is 2.44. The predicted octanol–water partition coefficient (Wildman–Crippen LogP) is 1.87. The fraction of sp³-hybridized carbons (Fsp3) is 0.429. The molecule has 0 aliphatic carbocycles. The van der Waals surface area contributed by atoms with Gasteiger partial charge in [-0.15, -0.1) is 13.2 Å². The molecule has 1 atom stereocenters. The van der Waals surface area contributed by atoms with E-state index in [0.717, 1.165) is 6.07 Å². The van der Waals surface area contributed by atoms with Crippen molar-refractivity contribution in [1.82, 2.24) is 10.4 Å². The number of hydrogen-bond acceptors (Lipinski definition) is 4. The zero-order chi connectivity index (χ0) is 17.2. The number of alkyl halides is 3. The summed E-state index contributed by atoms with van der Waals surface area (Å²) in [5, 5.41) is 8.60. The monoisotopic (exact) mass is 332 g/mol. The van der Waals surface area contributed by atoms with Crippen LogP contribution < -0.4 is 10.2 Å². The van der Waals surface area contributed by atoms with Crippen molar-refractivity contribution in [2.75, 3.05) is 6.54 Å². The largest absolute Gasteiger partial charge is 0.573 e. The van der Waals surface area contributed by atoms with Crippen LogP contribution in [0.25, 0.3) is 0 Å². The second-order valence-electron chi connectivity index (χ2n) is 5.00. The topological polar surface area (TPSA) is 78.9 Å². The number of nitrogens with zero attached hydrogens (tertiary/aromatic N) is 1. The fourth-order valence-electron chi connectivity index (χ4n) is 2.34. The van der Waals surface area contributed by atoms with Crippen molar-refractivity contribution in [2.24, 2.45) is 0 Å². The summed E-state index contributed by atoms with van der Waals surface area (Å²) in [6.45, 7) is 1.94. The van der Waals surface area contributed by atoms with Crippen LogP contribution in [0.5, 0.6) is 5.75 Å². The van der Waals surface area contributed by atoms with Gasteiger partial charge in [0.1, 0.15) is 11.8 Å². The van der Waals surface area contributed by atoms with Gasteiger partial charge in [0.25, 0.3) is 11.8 Å². The molecular weight excluding hydrogens is 317 g/mol. The summed E-state index contributed by atoms with van der Waals surface area (Å²) >= 11 is 0. The molecule has 1 fully saturated rings. The van der Waals surface area contributed by atoms with E-state index in [2.05, 4.69) is 4.74 Å². The Kier molecular flexibility index (Phi) is 4.79. The first kappa shape index (κ1) is 17.1. The number of hydrogen-bond donors (Lipinski definition) is 2. The summed E-state index contributed by atoms with van der Waals surface area (Å²) in [6, 6.07) is 2.96. The van der Waals surface area contributed by atoms with Gasteiger partial charge in [-0.05, 0) is 30.5 Å². The minimum atomic E-state index is -4.86. The molecule has 23 heavy (non-hydrogen) atoms. The first-order valence-electron chi connectivity index (χ1n) is 6.90. The molecule has 9 heteroatoms. The number of nitrogens with one attached hydrogen (secondary N) is 1. The lowest BCUT2D eigenvalue weighted by Crippen LogP contribution is -2.57. The molecule has 6 nitrogen and oxygen atoms in total. The van der Waals surface area contributed by atoms with Crippen LogP contribution in [0.4, 0.5) is 13.2 Å². The third kappa shape index (κ3) is 3.73. The number of amides is 2. The molecule has 1 aliphatic heterocycles. The maximum absolute atomic E-state index is 12.4. The molecule has 0 saturated carbocycles. The van der Waals surface area contributed by atoms with E-state index in [-0.39, 0.29) is 12.1 Å². The number of halogens is 3. The molecule has 1 unspecified atom stereocenters. The van der Waals surface area contributed by atoms with Crippen molar-refractivity contribution >= 4 is 11.8 Å². The highest BCUT2D eigenvalue weighted by Gasteiger charge is 2.38. The number of carbonyl (C=O) groups excluding carboxylic acids is 2. The first-order valence-corrected chi connectivity index (χ1v) is 6.90. The van der Waals surface area contributed by atoms with Crippen molar-refractivity contribution in [3.8, 4) is 5.75 Å². The van der Waals surface area contributed by atoms with E-state index in [4.69, 9.17) is 5.21 Å². The molecule has 0 spiro atoms. The molecule has 1 aromatic carbocycles. The first-order chi connectivity index (χ1) is 10.8. The van der Waals surface area contributed by atoms with Crippen LogP contribution in [0.3, 0.4) is 0 Å². The molecule has 1 saturated heterocycles. The van der Waals surface area contributed by atoms with Gasteiger partial charge in [0.2, 0.25) is 0 Å². The number of benzene rings is 1. The Bertz CT molecular complexity index is 619. The molecule has 1 heterocycles. The molecular formula is C14H15F3N2O4. The Morgan fingerprint density at radius 1 is 1.43 bits per heavy atom. The van der Waals surface area contributed by atoms with E-state index >= 15 is 0 Å². The lowest BCUT2D eigenvalue weighted by molar-refractivity contribution is -0.274. The number of hydroxylamine groups is 1. The van der Waals surface area contributed by atoms with Gasteiger partial charge in [-0.1, -0.05) is 13.0 Å². The predicted molar refractivity (Wildman–Crippen MR) is 71.9 cm³/mol. The van der Waals surface area contributed by atoms with Gasteiger partial charge in [-0.2, -0.15) is 0 Å². The minimum Gasteiger partial charge on any atom is -0.405 e. The lowest BCUT2D eigenvalue weighted by atomic mass is 9.99. The molecule has 0 radical (unpaired) electrons. The van der Waals surface area contributed by atoms with Gasteiger partial charge in [-0.3, -0.25) is 14.8 Å². The number of aryl methyl sites for hydroxylation is 1. The zero-order valence-corrected chi connectivity index (χ0v) is 12.2. The molecule has 0 bridgehead atoms. The minimum absolute atomic E-state index is 0.0168. The summed E-state index contributed by atoms with van der Waals surface area (Å²) in [7, 11) is 0. The van der Waals surface area contributed by atoms with E-state index in [1.807, 2.05) is 0 Å². The SMILES string of the molecule is CCc1ccc(C(=O)N2CCC2C(=O)NO)cc1OC(F)(F)F. The van der Waals surface area contributed by atoms with E-state index in [1.54, 1.807) is 6.92 Å². The van der Waals surface area contributed by atoms with Crippen molar-refractivity contribution < 1.29 is 32.7 Å². The van der Waals surface area contributed by atoms with Crippen LogP contribution in [0, 0.1) is 0 Å². The quantitative estimate of drug-likeness (QED) is 0.652. The maximum Gasteiger partial charge on any atom is 0.573 e. The number of rotatable bonds is 4. The van der Waals surface area contributed by atoms with Crippen LogP contribution >= 0.6 is 0 Å². The van der Waals surface area contributed by atoms with Crippen molar-refractivity contribution in [3.05, 3.63) is 29.3 Å². The third-order valence-electron chi connectivity index (χ3n) is 3.61. The highest BCUT2D eigenvalue weighted by atomic mass is 19.4. The maximum atomic E-state index is 12.4. The van der Waals surface area contributed by atoms with Gasteiger partial charge in [-0.25, -0.2) is 5.48 Å². The zero-order valence-electron chi connectivity index (χ0n) is 12.2. The second-order valence-corrected chi connectivity index (χ2v) is 5.00. The summed E-state index contributed by atoms with van der Waals surface area (Å²) < 4.78 is 41.3. The van der Waals surface area contributed by atoms with Crippen LogP contribution in [0.1, 0.15) is 29.3 Å². The molecule has 1 aromatic rings. The van der Waals surface area contributed by atoms with Crippen molar-refractivity contribution in [2.45, 2.75) is 32.2 Å². The summed E-state index contributed by atoms with van der Waals surface area (Å²) in [5.74, 6) is -1.77. The fourth-order valence-corrected chi connectivity index (χ4v) is 2.34. The number of carbonyl (C=O) groups is 2. The molecule has 2 N–H and O–H groups in total. The third-order valence-corrected chi connectivity index (χ3v) is 3.61. The van der Waals surface area contributed by atoms with Crippen LogP contribution in [0.2, 0.25) is 0 Å². The average molecular weight is 332 g/mol. The normalized spacial score (nSPS) is 17.4. The molecule has 2 rings (SSSR count). The van der Waals surface area contributed by atoms with Gasteiger partial charge < -0.3 is 9.64 Å². The Hall–Kier alpha value is -2.29. The van der Waals surface area contributed by atoms with Crippen molar-refractivity contribution in [3.63, 3.8) is 0 Å². The highest BCUT2D eigenvalue weighted by molar-refractivity contribution is 5.98. The number of likely N-dealkylation sites (tertiary alicyclic amines) is 1. The summed E-state index contributed by atoms with van der Waals surface area (Å²) in [6.07, 6.45) is -4.18. The van der Waals surface area contributed by atoms with Gasteiger partial charge in [0, 0.05) is 12.1 Å². The van der Waals surface area contributed by atoms with Gasteiger partial charge in [0.15, 0.2) is 0 Å². The lowest BCUT2D eigenvalue weighted by Gasteiger charge is -2.39. The van der Waals surface area contributed by atoms with Gasteiger partial charge in [0.05, 0.1) is 0 Å². The van der Waals surface area contributed by atoms with Crippen LogP contribution in [0.15, 0.2) is 18.2 Å². The van der Waals surface area contributed by atoms with Gasteiger partial charge >= 0.3 is 6.36 Å². The van der Waals surface area contributed by atoms with Crippen LogP contribution in [-0.4, -0.2) is 40.9 Å². The molecule has 1 aliphatic rings. The van der Waals surface area contributed by atoms with E-state index in [0.29, 0.717) is 18.4 Å². The molecule has 126 valence electrons. The molecule has 2 amide bonds. The smallest absolute Gasteiger partial charge is 0.405 e. The highest BCUT2D eigenvalue weighted by Crippen LogP contribution is 2.29. The van der Waals surface area contributed by atoms with E-state index in [9.17, 15) is 22.8 Å². The van der Waals surface area contributed by atoms with E-state index in [1.165, 1.54) is 22.5 Å². The van der Waals surface area contributed by atoms with Crippen molar-refractivity contribution in [1.29, 1.82) is 0 Å².